The normalized spacial score (nSPS) is 12.3. The lowest BCUT2D eigenvalue weighted by atomic mass is 10.2. The van der Waals surface area contributed by atoms with Gasteiger partial charge in [-0.25, -0.2) is 8.42 Å². The van der Waals surface area contributed by atoms with Gasteiger partial charge in [0, 0.05) is 22.7 Å². The fourth-order valence-electron chi connectivity index (χ4n) is 2.02. The van der Waals surface area contributed by atoms with Gasteiger partial charge < -0.3 is 5.73 Å². The molecule has 1 aromatic carbocycles. The predicted octanol–water partition coefficient (Wildman–Crippen LogP) is 3.62. The average molecular weight is 363 g/mol. The van der Waals surface area contributed by atoms with Gasteiger partial charge in [-0.15, -0.1) is 0 Å². The van der Waals surface area contributed by atoms with E-state index in [-0.39, 0.29) is 10.9 Å². The lowest BCUT2D eigenvalue weighted by Gasteiger charge is -2.26. The fraction of sp³-hybridized carbons (Fsp3) is 0.571. The molecule has 0 atom stereocenters. The predicted molar refractivity (Wildman–Crippen MR) is 87.1 cm³/mol. The van der Waals surface area contributed by atoms with E-state index >= 15 is 0 Å². The van der Waals surface area contributed by atoms with Crippen LogP contribution in [-0.2, 0) is 10.0 Å². The number of nitrogens with zero attached hydrogens (tertiary/aromatic N) is 1. The van der Waals surface area contributed by atoms with Crippen LogP contribution in [0.5, 0.6) is 0 Å². The van der Waals surface area contributed by atoms with Crippen LogP contribution in [0.1, 0.15) is 40.0 Å². The highest BCUT2D eigenvalue weighted by atomic mass is 79.9. The quantitative estimate of drug-likeness (QED) is 0.594. The molecule has 0 heterocycles. The van der Waals surface area contributed by atoms with Crippen molar-refractivity contribution in [1.29, 1.82) is 0 Å². The Morgan fingerprint density at radius 1 is 1.30 bits per heavy atom. The molecule has 0 amide bonds. The van der Waals surface area contributed by atoms with E-state index in [4.69, 9.17) is 5.73 Å². The van der Waals surface area contributed by atoms with E-state index < -0.39 is 10.0 Å². The number of halogens is 1. The molecule has 0 aliphatic carbocycles. The Bertz CT molecular complexity index is 544. The summed E-state index contributed by atoms with van der Waals surface area (Å²) in [6.07, 6.45) is 2.96. The van der Waals surface area contributed by atoms with Crippen molar-refractivity contribution in [2.24, 2.45) is 0 Å². The van der Waals surface area contributed by atoms with Crippen molar-refractivity contribution < 1.29 is 8.42 Å². The average Bonchev–Trinajstić information content (AvgIpc) is 2.36. The van der Waals surface area contributed by atoms with E-state index in [1.165, 1.54) is 6.07 Å². The van der Waals surface area contributed by atoms with Crippen LogP contribution in [-0.4, -0.2) is 25.3 Å². The van der Waals surface area contributed by atoms with Gasteiger partial charge in [0.1, 0.15) is 0 Å². The van der Waals surface area contributed by atoms with Crippen LogP contribution in [0, 0.1) is 0 Å². The second-order valence-corrected chi connectivity index (χ2v) is 7.82. The van der Waals surface area contributed by atoms with Gasteiger partial charge in [-0.3, -0.25) is 0 Å². The summed E-state index contributed by atoms with van der Waals surface area (Å²) >= 11 is 3.30. The number of anilines is 1. The molecule has 1 aromatic rings. The summed E-state index contributed by atoms with van der Waals surface area (Å²) in [5.41, 5.74) is 6.17. The SMILES string of the molecule is CCCCCN(C(C)C)S(=O)(=O)c1cc(N)ccc1Br. The van der Waals surface area contributed by atoms with Crippen LogP contribution in [0.4, 0.5) is 5.69 Å². The topological polar surface area (TPSA) is 63.4 Å². The van der Waals surface area contributed by atoms with Gasteiger partial charge in [0.25, 0.3) is 0 Å². The second kappa shape index (κ2) is 7.43. The summed E-state index contributed by atoms with van der Waals surface area (Å²) in [6, 6.07) is 4.78. The van der Waals surface area contributed by atoms with Gasteiger partial charge in [0.2, 0.25) is 10.0 Å². The van der Waals surface area contributed by atoms with Crippen LogP contribution in [0.25, 0.3) is 0 Å². The highest BCUT2D eigenvalue weighted by Crippen LogP contribution is 2.28. The minimum atomic E-state index is -3.53. The molecule has 0 aliphatic heterocycles. The summed E-state index contributed by atoms with van der Waals surface area (Å²) in [7, 11) is -3.53. The molecule has 114 valence electrons. The third-order valence-electron chi connectivity index (χ3n) is 3.10. The van der Waals surface area contributed by atoms with Crippen molar-refractivity contribution in [3.8, 4) is 0 Å². The maximum Gasteiger partial charge on any atom is 0.244 e. The van der Waals surface area contributed by atoms with Crippen molar-refractivity contribution >= 4 is 31.6 Å². The zero-order valence-electron chi connectivity index (χ0n) is 12.3. The van der Waals surface area contributed by atoms with Gasteiger partial charge in [0.05, 0.1) is 4.90 Å². The largest absolute Gasteiger partial charge is 0.399 e. The van der Waals surface area contributed by atoms with E-state index in [1.54, 1.807) is 16.4 Å². The minimum Gasteiger partial charge on any atom is -0.399 e. The van der Waals surface area contributed by atoms with E-state index in [2.05, 4.69) is 22.9 Å². The highest BCUT2D eigenvalue weighted by Gasteiger charge is 2.28. The van der Waals surface area contributed by atoms with Gasteiger partial charge in [0.15, 0.2) is 0 Å². The maximum atomic E-state index is 12.8. The van der Waals surface area contributed by atoms with Gasteiger partial charge in [-0.1, -0.05) is 19.8 Å². The van der Waals surface area contributed by atoms with E-state index in [0.29, 0.717) is 16.7 Å². The Morgan fingerprint density at radius 3 is 2.50 bits per heavy atom. The smallest absolute Gasteiger partial charge is 0.244 e. The molecular formula is C14H23BrN2O2S. The standard InChI is InChI=1S/C14H23BrN2O2S/c1-4-5-6-9-17(11(2)3)20(18,19)14-10-12(16)7-8-13(14)15/h7-8,10-11H,4-6,9,16H2,1-3H3. The van der Waals surface area contributed by atoms with Crippen molar-refractivity contribution in [2.75, 3.05) is 12.3 Å². The van der Waals surface area contributed by atoms with Crippen molar-refractivity contribution in [3.63, 3.8) is 0 Å². The molecule has 0 bridgehead atoms. The number of rotatable bonds is 7. The zero-order valence-corrected chi connectivity index (χ0v) is 14.7. The Kier molecular flexibility index (Phi) is 6.48. The monoisotopic (exact) mass is 362 g/mol. The fourth-order valence-corrected chi connectivity index (χ4v) is 4.65. The van der Waals surface area contributed by atoms with Crippen LogP contribution < -0.4 is 5.73 Å². The summed E-state index contributed by atoms with van der Waals surface area (Å²) in [4.78, 5) is 0.239. The Morgan fingerprint density at radius 2 is 1.95 bits per heavy atom. The van der Waals surface area contributed by atoms with Crippen LogP contribution in [0.2, 0.25) is 0 Å². The number of benzene rings is 1. The molecule has 6 heteroatoms. The number of nitrogens with two attached hydrogens (primary N) is 1. The van der Waals surface area contributed by atoms with Gasteiger partial charge in [-0.05, 0) is 54.4 Å². The molecule has 0 saturated carbocycles. The van der Waals surface area contributed by atoms with Gasteiger partial charge in [-0.2, -0.15) is 4.31 Å². The molecular weight excluding hydrogens is 340 g/mol. The third-order valence-corrected chi connectivity index (χ3v) is 6.17. The van der Waals surface area contributed by atoms with Crippen LogP contribution >= 0.6 is 15.9 Å². The van der Waals surface area contributed by atoms with Crippen LogP contribution in [0.3, 0.4) is 0 Å². The molecule has 1 rings (SSSR count). The molecule has 2 N–H and O–H groups in total. The molecule has 0 aliphatic rings. The summed E-state index contributed by atoms with van der Waals surface area (Å²) in [5, 5.41) is 0. The minimum absolute atomic E-state index is 0.0785. The van der Waals surface area contributed by atoms with Crippen molar-refractivity contribution in [1.82, 2.24) is 4.31 Å². The number of unbranched alkanes of at least 4 members (excludes halogenated alkanes) is 2. The first-order valence-electron chi connectivity index (χ1n) is 6.87. The van der Waals surface area contributed by atoms with Crippen molar-refractivity contribution in [2.45, 2.75) is 51.0 Å². The highest BCUT2D eigenvalue weighted by molar-refractivity contribution is 9.10. The molecule has 0 spiro atoms. The first-order chi connectivity index (χ1) is 9.30. The van der Waals surface area contributed by atoms with Crippen molar-refractivity contribution in [3.05, 3.63) is 22.7 Å². The zero-order chi connectivity index (χ0) is 15.3. The Hall–Kier alpha value is -0.590. The maximum absolute atomic E-state index is 12.8. The molecule has 0 unspecified atom stereocenters. The Labute approximate surface area is 130 Å². The summed E-state index contributed by atoms with van der Waals surface area (Å²) in [5.74, 6) is 0. The molecule has 0 saturated heterocycles. The first kappa shape index (κ1) is 17.5. The van der Waals surface area contributed by atoms with E-state index in [0.717, 1.165) is 19.3 Å². The number of nitrogen functional groups attached to an aromatic ring is 1. The third kappa shape index (κ3) is 4.20. The summed E-state index contributed by atoms with van der Waals surface area (Å²) in [6.45, 7) is 6.42. The lowest BCUT2D eigenvalue weighted by molar-refractivity contribution is 0.345. The molecule has 4 nitrogen and oxygen atoms in total. The van der Waals surface area contributed by atoms with Crippen LogP contribution in [0.15, 0.2) is 27.6 Å². The lowest BCUT2D eigenvalue weighted by Crippen LogP contribution is -2.37. The molecule has 20 heavy (non-hydrogen) atoms. The van der Waals surface area contributed by atoms with Gasteiger partial charge >= 0.3 is 0 Å². The number of hydrogen-bond donors (Lipinski definition) is 1. The molecule has 0 aromatic heterocycles. The first-order valence-corrected chi connectivity index (χ1v) is 9.11. The molecule has 0 fully saturated rings. The second-order valence-electron chi connectivity index (χ2n) is 5.11. The summed E-state index contributed by atoms with van der Waals surface area (Å²) < 4.78 is 27.7. The number of hydrogen-bond acceptors (Lipinski definition) is 3. The van der Waals surface area contributed by atoms with E-state index in [9.17, 15) is 8.42 Å². The Balaban J connectivity index is 3.12. The van der Waals surface area contributed by atoms with E-state index in [1.807, 2.05) is 13.8 Å². The molecule has 0 radical (unpaired) electrons. The number of sulfonamides is 1.